The average molecular weight is 260 g/mol. The van der Waals surface area contributed by atoms with Crippen molar-refractivity contribution in [2.24, 2.45) is 22.7 Å². The molecule has 0 amide bonds. The fraction of sp³-hybridized carbons (Fsp3) is 0.571. The molecule has 0 radical (unpaired) electrons. The van der Waals surface area contributed by atoms with E-state index in [1.807, 2.05) is 12.1 Å². The zero-order valence-electron chi connectivity index (χ0n) is 10.9. The minimum Gasteiger partial charge on any atom is -0.409 e. The van der Waals surface area contributed by atoms with Crippen molar-refractivity contribution in [3.63, 3.8) is 0 Å². The molecule has 102 valence electrons. The van der Waals surface area contributed by atoms with Crippen LogP contribution in [0, 0.1) is 11.8 Å². The molecule has 1 aromatic rings. The molecule has 2 fully saturated rings. The van der Waals surface area contributed by atoms with Gasteiger partial charge in [0.25, 0.3) is 0 Å². The van der Waals surface area contributed by atoms with E-state index >= 15 is 0 Å². The Labute approximate surface area is 112 Å². The van der Waals surface area contributed by atoms with Gasteiger partial charge in [-0.15, -0.1) is 0 Å². The molecule has 1 aromatic heterocycles. The van der Waals surface area contributed by atoms with Crippen LogP contribution in [0.5, 0.6) is 0 Å². The lowest BCUT2D eigenvalue weighted by molar-refractivity contribution is 0.318. The number of nitrogens with one attached hydrogen (secondary N) is 1. The number of oxime groups is 1. The van der Waals surface area contributed by atoms with E-state index in [0.717, 1.165) is 23.9 Å². The molecule has 5 heteroatoms. The quantitative estimate of drug-likeness (QED) is 0.331. The zero-order chi connectivity index (χ0) is 13.2. The maximum absolute atomic E-state index is 8.66. The van der Waals surface area contributed by atoms with Crippen LogP contribution < -0.4 is 11.1 Å². The highest BCUT2D eigenvalue weighted by Gasteiger charge is 2.38. The third kappa shape index (κ3) is 2.56. The first-order valence-corrected chi connectivity index (χ1v) is 6.92. The number of nitrogens with two attached hydrogens (primary N) is 1. The number of fused-ring (bicyclic) bond motifs is 2. The SMILES string of the molecule is NC(=NO)c1cc(CNC2CC3CCC2C3)ccn1. The number of pyridine rings is 1. The standard InChI is InChI=1S/C14H20N4O/c15-14(18-19)13-7-10(3-4-16-13)8-17-12-6-9-1-2-11(12)5-9/h3-4,7,9,11-12,17,19H,1-2,5-6,8H2,(H2,15,18). The van der Waals surface area contributed by atoms with Crippen LogP contribution in [0.15, 0.2) is 23.5 Å². The third-order valence-corrected chi connectivity index (χ3v) is 4.50. The summed E-state index contributed by atoms with van der Waals surface area (Å²) in [5.41, 5.74) is 7.20. The summed E-state index contributed by atoms with van der Waals surface area (Å²) in [4.78, 5) is 4.08. The van der Waals surface area contributed by atoms with Crippen LogP contribution in [0.4, 0.5) is 0 Å². The van der Waals surface area contributed by atoms with Gasteiger partial charge in [-0.1, -0.05) is 11.6 Å². The molecule has 0 spiro atoms. The Bertz CT molecular complexity index is 488. The highest BCUT2D eigenvalue weighted by Crippen LogP contribution is 2.44. The Balaban J connectivity index is 1.61. The van der Waals surface area contributed by atoms with Gasteiger partial charge in [0.2, 0.25) is 0 Å². The van der Waals surface area contributed by atoms with Gasteiger partial charge in [-0.25, -0.2) is 0 Å². The molecule has 1 heterocycles. The Morgan fingerprint density at radius 2 is 2.37 bits per heavy atom. The van der Waals surface area contributed by atoms with Gasteiger partial charge in [-0.3, -0.25) is 4.98 Å². The lowest BCUT2D eigenvalue weighted by atomic mass is 9.95. The molecule has 0 aromatic carbocycles. The lowest BCUT2D eigenvalue weighted by Gasteiger charge is -2.23. The van der Waals surface area contributed by atoms with Gasteiger partial charge in [0.15, 0.2) is 5.84 Å². The highest BCUT2D eigenvalue weighted by atomic mass is 16.4. The predicted octanol–water partition coefficient (Wildman–Crippen LogP) is 1.45. The Hall–Kier alpha value is -1.62. The molecule has 19 heavy (non-hydrogen) atoms. The van der Waals surface area contributed by atoms with Crippen LogP contribution in [-0.4, -0.2) is 22.1 Å². The molecule has 0 aliphatic heterocycles. The Kier molecular flexibility index (Phi) is 3.38. The molecule has 5 nitrogen and oxygen atoms in total. The van der Waals surface area contributed by atoms with Crippen LogP contribution >= 0.6 is 0 Å². The second kappa shape index (κ2) is 5.17. The van der Waals surface area contributed by atoms with Gasteiger partial charge in [0, 0.05) is 18.8 Å². The zero-order valence-corrected chi connectivity index (χ0v) is 10.9. The van der Waals surface area contributed by atoms with Gasteiger partial charge in [-0.05, 0) is 48.8 Å². The molecular weight excluding hydrogens is 240 g/mol. The van der Waals surface area contributed by atoms with Gasteiger partial charge < -0.3 is 16.3 Å². The number of aromatic nitrogens is 1. The molecular formula is C14H20N4O. The van der Waals surface area contributed by atoms with Crippen molar-refractivity contribution in [3.8, 4) is 0 Å². The van der Waals surface area contributed by atoms with Crippen molar-refractivity contribution in [2.75, 3.05) is 0 Å². The maximum Gasteiger partial charge on any atom is 0.188 e. The average Bonchev–Trinajstić information content (AvgIpc) is 3.07. The first-order valence-electron chi connectivity index (χ1n) is 6.92. The van der Waals surface area contributed by atoms with Crippen molar-refractivity contribution in [1.82, 2.24) is 10.3 Å². The van der Waals surface area contributed by atoms with Gasteiger partial charge in [0.1, 0.15) is 5.69 Å². The van der Waals surface area contributed by atoms with Crippen molar-refractivity contribution in [2.45, 2.75) is 38.3 Å². The summed E-state index contributed by atoms with van der Waals surface area (Å²) in [6, 6.07) is 4.50. The van der Waals surface area contributed by atoms with E-state index in [2.05, 4.69) is 15.5 Å². The third-order valence-electron chi connectivity index (χ3n) is 4.50. The Morgan fingerprint density at radius 1 is 1.47 bits per heavy atom. The van der Waals surface area contributed by atoms with Crippen molar-refractivity contribution < 1.29 is 5.21 Å². The number of amidine groups is 1. The molecule has 2 aliphatic carbocycles. The summed E-state index contributed by atoms with van der Waals surface area (Å²) < 4.78 is 0. The maximum atomic E-state index is 8.66. The number of hydrogen-bond donors (Lipinski definition) is 3. The van der Waals surface area contributed by atoms with Crippen LogP contribution in [0.2, 0.25) is 0 Å². The summed E-state index contributed by atoms with van der Waals surface area (Å²) in [7, 11) is 0. The number of rotatable bonds is 4. The molecule has 2 saturated carbocycles. The summed E-state index contributed by atoms with van der Waals surface area (Å²) in [5, 5.41) is 15.3. The van der Waals surface area contributed by atoms with E-state index in [9.17, 15) is 0 Å². The molecule has 2 bridgehead atoms. The monoisotopic (exact) mass is 260 g/mol. The first-order chi connectivity index (χ1) is 9.26. The second-order valence-electron chi connectivity index (χ2n) is 5.70. The van der Waals surface area contributed by atoms with E-state index in [-0.39, 0.29) is 5.84 Å². The van der Waals surface area contributed by atoms with E-state index in [4.69, 9.17) is 10.9 Å². The lowest BCUT2D eigenvalue weighted by Crippen LogP contribution is -2.33. The molecule has 3 atom stereocenters. The topological polar surface area (TPSA) is 83.5 Å². The van der Waals surface area contributed by atoms with E-state index in [1.165, 1.54) is 25.7 Å². The smallest absolute Gasteiger partial charge is 0.188 e. The number of hydrogen-bond acceptors (Lipinski definition) is 4. The van der Waals surface area contributed by atoms with E-state index in [0.29, 0.717) is 11.7 Å². The van der Waals surface area contributed by atoms with Gasteiger partial charge in [0.05, 0.1) is 0 Å². The molecule has 2 aliphatic rings. The summed E-state index contributed by atoms with van der Waals surface area (Å²) in [6.07, 6.45) is 7.23. The summed E-state index contributed by atoms with van der Waals surface area (Å²) >= 11 is 0. The minimum atomic E-state index is 0.0572. The van der Waals surface area contributed by atoms with Crippen LogP contribution in [0.3, 0.4) is 0 Å². The van der Waals surface area contributed by atoms with Crippen molar-refractivity contribution in [3.05, 3.63) is 29.6 Å². The minimum absolute atomic E-state index is 0.0572. The van der Waals surface area contributed by atoms with Crippen molar-refractivity contribution >= 4 is 5.84 Å². The fourth-order valence-electron chi connectivity index (χ4n) is 3.52. The summed E-state index contributed by atoms with van der Waals surface area (Å²) in [5.74, 6) is 1.88. The molecule has 3 unspecified atom stereocenters. The second-order valence-corrected chi connectivity index (χ2v) is 5.70. The van der Waals surface area contributed by atoms with Gasteiger partial charge >= 0.3 is 0 Å². The molecule has 3 rings (SSSR count). The van der Waals surface area contributed by atoms with E-state index in [1.54, 1.807) is 6.20 Å². The van der Waals surface area contributed by atoms with Gasteiger partial charge in [-0.2, -0.15) is 0 Å². The normalized spacial score (nSPS) is 29.9. The van der Waals surface area contributed by atoms with Crippen LogP contribution in [-0.2, 0) is 6.54 Å². The first kappa shape index (κ1) is 12.4. The largest absolute Gasteiger partial charge is 0.409 e. The molecule has 0 saturated heterocycles. The highest BCUT2D eigenvalue weighted by molar-refractivity contribution is 5.95. The van der Waals surface area contributed by atoms with E-state index < -0.39 is 0 Å². The molecule has 4 N–H and O–H groups in total. The van der Waals surface area contributed by atoms with Crippen molar-refractivity contribution in [1.29, 1.82) is 0 Å². The number of nitrogens with zero attached hydrogens (tertiary/aromatic N) is 2. The fourth-order valence-corrected chi connectivity index (χ4v) is 3.52. The van der Waals surface area contributed by atoms with Crippen LogP contribution in [0.25, 0.3) is 0 Å². The van der Waals surface area contributed by atoms with Crippen LogP contribution in [0.1, 0.15) is 36.9 Å². The summed E-state index contributed by atoms with van der Waals surface area (Å²) in [6.45, 7) is 0.822. The Morgan fingerprint density at radius 3 is 3.05 bits per heavy atom. The predicted molar refractivity (Wildman–Crippen MR) is 72.8 cm³/mol.